The van der Waals surface area contributed by atoms with Crippen LogP contribution in [0.1, 0.15) is 0 Å². The van der Waals surface area contributed by atoms with Crippen molar-refractivity contribution in [1.82, 2.24) is 9.55 Å². The van der Waals surface area contributed by atoms with E-state index in [9.17, 15) is 4.79 Å². The Kier molecular flexibility index (Phi) is 3.44. The van der Waals surface area contributed by atoms with Gasteiger partial charge in [0, 0.05) is 46.8 Å². The van der Waals surface area contributed by atoms with Gasteiger partial charge in [-0.3, -0.25) is 4.79 Å². The highest BCUT2D eigenvalue weighted by Crippen LogP contribution is 2.18. The minimum absolute atomic E-state index is 0.0216. The first kappa shape index (κ1) is 12.1. The van der Waals surface area contributed by atoms with Crippen LogP contribution in [-0.2, 0) is 16.5 Å². The fraction of sp³-hybridized carbons (Fsp3) is 0.636. The molecule has 6 heteroatoms. The molecule has 2 rings (SSSR count). The monoisotopic (exact) mass is 239 g/mol. The molecule has 2 atom stereocenters. The van der Waals surface area contributed by atoms with Crippen LogP contribution in [0, 0.1) is 0 Å². The molecule has 0 saturated carbocycles. The first-order valence-electron chi connectivity index (χ1n) is 5.49. The molecular weight excluding hydrogens is 222 g/mol. The highest BCUT2D eigenvalue weighted by Gasteiger charge is 2.34. The van der Waals surface area contributed by atoms with Crippen LogP contribution in [0.3, 0.4) is 0 Å². The van der Waals surface area contributed by atoms with E-state index in [0.717, 1.165) is 0 Å². The highest BCUT2D eigenvalue weighted by atomic mass is 16.5. The summed E-state index contributed by atoms with van der Waals surface area (Å²) in [4.78, 5) is 18.0. The minimum Gasteiger partial charge on any atom is -0.377 e. The fourth-order valence-electron chi connectivity index (χ4n) is 2.07. The first-order valence-corrected chi connectivity index (χ1v) is 5.49. The molecule has 0 radical (unpaired) electrons. The zero-order valence-corrected chi connectivity index (χ0v) is 10.3. The lowest BCUT2D eigenvalue weighted by Gasteiger charge is -2.15. The highest BCUT2D eigenvalue weighted by molar-refractivity contribution is 5.38. The standard InChI is InChI=1S/C11H17N3O3/c1-13-5-4-12-10(11(13)15)14-6-8(16-2)9(7-14)17-3/h4-5,8-9H,6-7H2,1-3H3/t8-,9+. The number of aryl methyl sites for hydroxylation is 1. The average Bonchev–Trinajstić information content (AvgIpc) is 2.75. The van der Waals surface area contributed by atoms with Crippen molar-refractivity contribution in [2.75, 3.05) is 32.2 Å². The normalized spacial score (nSPS) is 24.3. The Hall–Kier alpha value is -1.40. The second kappa shape index (κ2) is 4.85. The van der Waals surface area contributed by atoms with Gasteiger partial charge in [-0.25, -0.2) is 4.98 Å². The number of rotatable bonds is 3. The van der Waals surface area contributed by atoms with E-state index in [1.165, 1.54) is 4.57 Å². The van der Waals surface area contributed by atoms with Crippen LogP contribution >= 0.6 is 0 Å². The molecule has 1 aromatic rings. The van der Waals surface area contributed by atoms with E-state index in [2.05, 4.69) is 4.98 Å². The number of hydrogen-bond donors (Lipinski definition) is 0. The van der Waals surface area contributed by atoms with Gasteiger partial charge >= 0.3 is 0 Å². The van der Waals surface area contributed by atoms with Crippen molar-refractivity contribution in [3.8, 4) is 0 Å². The summed E-state index contributed by atoms with van der Waals surface area (Å²) in [5, 5.41) is 0. The maximum absolute atomic E-state index is 11.9. The van der Waals surface area contributed by atoms with E-state index in [1.807, 2.05) is 4.90 Å². The van der Waals surface area contributed by atoms with Gasteiger partial charge < -0.3 is 18.9 Å². The Morgan fingerprint density at radius 2 is 1.88 bits per heavy atom. The van der Waals surface area contributed by atoms with Crippen LogP contribution < -0.4 is 10.5 Å². The Bertz CT molecular complexity index is 434. The number of anilines is 1. The van der Waals surface area contributed by atoms with Gasteiger partial charge in [-0.05, 0) is 0 Å². The lowest BCUT2D eigenvalue weighted by atomic mass is 10.3. The van der Waals surface area contributed by atoms with Crippen LogP contribution in [0.2, 0.25) is 0 Å². The number of aromatic nitrogens is 2. The van der Waals surface area contributed by atoms with E-state index in [-0.39, 0.29) is 17.8 Å². The number of hydrogen-bond acceptors (Lipinski definition) is 5. The number of ether oxygens (including phenoxy) is 2. The molecule has 1 fully saturated rings. The molecule has 0 spiro atoms. The predicted molar refractivity (Wildman–Crippen MR) is 63.3 cm³/mol. The molecule has 0 N–H and O–H groups in total. The first-order chi connectivity index (χ1) is 8.17. The maximum atomic E-state index is 11.9. The van der Waals surface area contributed by atoms with Gasteiger partial charge in [0.1, 0.15) is 12.2 Å². The van der Waals surface area contributed by atoms with Crippen molar-refractivity contribution in [1.29, 1.82) is 0 Å². The molecule has 6 nitrogen and oxygen atoms in total. The van der Waals surface area contributed by atoms with E-state index >= 15 is 0 Å². The molecule has 1 aliphatic heterocycles. The number of nitrogens with zero attached hydrogens (tertiary/aromatic N) is 3. The van der Waals surface area contributed by atoms with Crippen LogP contribution in [0.4, 0.5) is 5.82 Å². The van der Waals surface area contributed by atoms with Crippen molar-refractivity contribution in [2.45, 2.75) is 12.2 Å². The molecule has 0 bridgehead atoms. The molecule has 1 saturated heterocycles. The van der Waals surface area contributed by atoms with Crippen LogP contribution in [0.25, 0.3) is 0 Å². The summed E-state index contributed by atoms with van der Waals surface area (Å²) in [6, 6.07) is 0. The van der Waals surface area contributed by atoms with Crippen LogP contribution in [0.5, 0.6) is 0 Å². The molecule has 0 aromatic carbocycles. The summed E-state index contributed by atoms with van der Waals surface area (Å²) in [5.74, 6) is 0.455. The van der Waals surface area contributed by atoms with Gasteiger partial charge in [0.25, 0.3) is 5.56 Å². The summed E-state index contributed by atoms with van der Waals surface area (Å²) in [6.45, 7) is 1.25. The molecule has 0 amide bonds. The van der Waals surface area contributed by atoms with Crippen molar-refractivity contribution in [2.24, 2.45) is 7.05 Å². The lowest BCUT2D eigenvalue weighted by molar-refractivity contribution is -0.00461. The Morgan fingerprint density at radius 1 is 1.29 bits per heavy atom. The smallest absolute Gasteiger partial charge is 0.293 e. The van der Waals surface area contributed by atoms with Gasteiger partial charge in [-0.2, -0.15) is 0 Å². The number of methoxy groups -OCH3 is 2. The third kappa shape index (κ3) is 2.18. The Balaban J connectivity index is 2.25. The molecule has 17 heavy (non-hydrogen) atoms. The summed E-state index contributed by atoms with van der Waals surface area (Å²) in [7, 11) is 5.01. The molecule has 0 aliphatic carbocycles. The third-order valence-electron chi connectivity index (χ3n) is 3.12. The fourth-order valence-corrected chi connectivity index (χ4v) is 2.07. The average molecular weight is 239 g/mol. The van der Waals surface area contributed by atoms with E-state index < -0.39 is 0 Å². The second-order valence-electron chi connectivity index (χ2n) is 4.12. The predicted octanol–water partition coefficient (Wildman–Crippen LogP) is -0.370. The van der Waals surface area contributed by atoms with E-state index in [1.54, 1.807) is 33.7 Å². The molecule has 1 aliphatic rings. The summed E-state index contributed by atoms with van der Waals surface area (Å²) in [6.07, 6.45) is 3.22. The molecule has 2 heterocycles. The van der Waals surface area contributed by atoms with Crippen molar-refractivity contribution in [3.63, 3.8) is 0 Å². The lowest BCUT2D eigenvalue weighted by Crippen LogP contribution is -2.31. The van der Waals surface area contributed by atoms with E-state index in [0.29, 0.717) is 18.9 Å². The summed E-state index contributed by atoms with van der Waals surface area (Å²) in [5.41, 5.74) is -0.0980. The summed E-state index contributed by atoms with van der Waals surface area (Å²) >= 11 is 0. The Morgan fingerprint density at radius 3 is 2.41 bits per heavy atom. The van der Waals surface area contributed by atoms with Crippen LogP contribution in [-0.4, -0.2) is 49.1 Å². The maximum Gasteiger partial charge on any atom is 0.293 e. The van der Waals surface area contributed by atoms with Gasteiger partial charge in [0.15, 0.2) is 5.82 Å². The molecule has 1 aromatic heterocycles. The van der Waals surface area contributed by atoms with Gasteiger partial charge in [0.2, 0.25) is 0 Å². The van der Waals surface area contributed by atoms with Crippen molar-refractivity contribution < 1.29 is 9.47 Å². The topological polar surface area (TPSA) is 56.6 Å². The van der Waals surface area contributed by atoms with E-state index in [4.69, 9.17) is 9.47 Å². The molecule has 94 valence electrons. The summed E-state index contributed by atoms with van der Waals surface area (Å²) < 4.78 is 12.2. The second-order valence-corrected chi connectivity index (χ2v) is 4.12. The zero-order valence-electron chi connectivity index (χ0n) is 10.3. The Labute approximate surface area is 99.8 Å². The third-order valence-corrected chi connectivity index (χ3v) is 3.12. The van der Waals surface area contributed by atoms with Gasteiger partial charge in [0.05, 0.1) is 0 Å². The molecular formula is C11H17N3O3. The SMILES string of the molecule is CO[C@H]1CN(c2nccn(C)c2=O)C[C@H]1OC. The van der Waals surface area contributed by atoms with Crippen molar-refractivity contribution >= 4 is 5.82 Å². The van der Waals surface area contributed by atoms with Crippen LogP contribution in [0.15, 0.2) is 17.2 Å². The van der Waals surface area contributed by atoms with Crippen molar-refractivity contribution in [3.05, 3.63) is 22.7 Å². The van der Waals surface area contributed by atoms with Gasteiger partial charge in [-0.1, -0.05) is 0 Å². The largest absolute Gasteiger partial charge is 0.377 e. The minimum atomic E-state index is -0.0980. The zero-order chi connectivity index (χ0) is 12.4. The quantitative estimate of drug-likeness (QED) is 0.720. The van der Waals surface area contributed by atoms with Gasteiger partial charge in [-0.15, -0.1) is 0 Å². The molecule has 0 unspecified atom stereocenters.